The quantitative estimate of drug-likeness (QED) is 0.197. The average Bonchev–Trinajstić information content (AvgIpc) is 2.76. The molecular weight excluding hydrogens is 392 g/mol. The normalized spacial score (nSPS) is 10.7. The number of rotatable bonds is 10. The molecule has 2 N–H and O–H groups in total. The molecule has 0 saturated carbocycles. The molecule has 0 aliphatic heterocycles. The molecule has 0 saturated heterocycles. The van der Waals surface area contributed by atoms with Gasteiger partial charge in [0.25, 0.3) is 0 Å². The minimum Gasteiger partial charge on any atom is -0.426 e. The Hall–Kier alpha value is -3.67. The number of anilines is 1. The Kier molecular flexibility index (Phi) is 8.76. The predicted molar refractivity (Wildman–Crippen MR) is 123 cm³/mol. The van der Waals surface area contributed by atoms with E-state index in [9.17, 15) is 14.4 Å². The van der Waals surface area contributed by atoms with Crippen LogP contribution in [0.15, 0.2) is 66.8 Å². The van der Waals surface area contributed by atoms with Crippen molar-refractivity contribution in [2.24, 2.45) is 5.92 Å². The van der Waals surface area contributed by atoms with Crippen LogP contribution in [0.5, 0.6) is 5.75 Å². The minimum atomic E-state index is -0.312. The Bertz CT molecular complexity index is 958. The van der Waals surface area contributed by atoms with E-state index in [2.05, 4.69) is 17.2 Å². The van der Waals surface area contributed by atoms with Crippen molar-refractivity contribution in [3.05, 3.63) is 77.9 Å². The van der Waals surface area contributed by atoms with E-state index in [4.69, 9.17) is 4.74 Å². The molecule has 6 heteroatoms. The molecule has 0 heterocycles. The van der Waals surface area contributed by atoms with Gasteiger partial charge in [-0.05, 0) is 55.0 Å². The number of ether oxygens (including phenoxy) is 1. The maximum absolute atomic E-state index is 12.4. The highest BCUT2D eigenvalue weighted by Crippen LogP contribution is 2.16. The lowest BCUT2D eigenvalue weighted by Crippen LogP contribution is -2.28. The first kappa shape index (κ1) is 23.6. The molecule has 162 valence electrons. The van der Waals surface area contributed by atoms with E-state index < -0.39 is 0 Å². The van der Waals surface area contributed by atoms with Crippen LogP contribution in [0.25, 0.3) is 6.08 Å². The molecule has 0 atom stereocenters. The number of amides is 1. The summed E-state index contributed by atoms with van der Waals surface area (Å²) in [4.78, 5) is 35.4. The van der Waals surface area contributed by atoms with Gasteiger partial charge in [-0.15, -0.1) is 0 Å². The van der Waals surface area contributed by atoms with Crippen molar-refractivity contribution in [1.82, 2.24) is 5.32 Å². The molecule has 0 fully saturated rings. The molecule has 0 aliphatic rings. The fraction of sp³-hybridized carbons (Fsp3) is 0.240. The third kappa shape index (κ3) is 7.93. The van der Waals surface area contributed by atoms with Crippen LogP contribution in [0, 0.1) is 5.92 Å². The number of allylic oxidation sites excluding steroid dienone is 1. The Labute approximate surface area is 183 Å². The second-order valence-electron chi connectivity index (χ2n) is 7.38. The van der Waals surface area contributed by atoms with E-state index in [1.165, 1.54) is 6.08 Å². The molecule has 0 bridgehead atoms. The van der Waals surface area contributed by atoms with Gasteiger partial charge in [0.1, 0.15) is 5.75 Å². The highest BCUT2D eigenvalue weighted by Gasteiger charge is 2.10. The van der Waals surface area contributed by atoms with Crippen LogP contribution in [-0.2, 0) is 9.59 Å². The number of carbonyl (C=O) groups excluding carboxylic acids is 3. The second kappa shape index (κ2) is 11.5. The standard InChI is InChI=1S/C25H28N2O4/c1-17(2)24(29)27-16-15-26-21-10-5-19(6-11-21)7-14-23(28)20-8-12-22(13-9-20)31-25(30)18(3)4/h5-14,18,26H,1,15-16H2,2-4H3,(H,27,29)/b14-7+. The summed E-state index contributed by atoms with van der Waals surface area (Å²) in [7, 11) is 0. The maximum Gasteiger partial charge on any atom is 0.313 e. The number of esters is 1. The topological polar surface area (TPSA) is 84.5 Å². The first-order chi connectivity index (χ1) is 14.8. The molecule has 0 aliphatic carbocycles. The monoisotopic (exact) mass is 420 g/mol. The zero-order valence-corrected chi connectivity index (χ0v) is 18.1. The van der Waals surface area contributed by atoms with Crippen molar-refractivity contribution in [3.63, 3.8) is 0 Å². The highest BCUT2D eigenvalue weighted by atomic mass is 16.5. The first-order valence-electron chi connectivity index (χ1n) is 10.1. The minimum absolute atomic E-state index is 0.141. The van der Waals surface area contributed by atoms with Crippen LogP contribution in [0.2, 0.25) is 0 Å². The zero-order valence-electron chi connectivity index (χ0n) is 18.1. The van der Waals surface area contributed by atoms with Crippen LogP contribution in [0.1, 0.15) is 36.7 Å². The number of ketones is 1. The Morgan fingerprint density at radius 1 is 1.00 bits per heavy atom. The van der Waals surface area contributed by atoms with Crippen molar-refractivity contribution in [1.29, 1.82) is 0 Å². The molecule has 6 nitrogen and oxygen atoms in total. The number of benzene rings is 2. The Balaban J connectivity index is 1.84. The predicted octanol–water partition coefficient (Wildman–Crippen LogP) is 4.25. The summed E-state index contributed by atoms with van der Waals surface area (Å²) in [5.41, 5.74) is 2.79. The van der Waals surface area contributed by atoms with Crippen molar-refractivity contribution >= 4 is 29.4 Å². The summed E-state index contributed by atoms with van der Waals surface area (Å²) in [6, 6.07) is 14.1. The van der Waals surface area contributed by atoms with Crippen LogP contribution < -0.4 is 15.4 Å². The fourth-order valence-electron chi connectivity index (χ4n) is 2.44. The van der Waals surface area contributed by atoms with Crippen LogP contribution in [-0.4, -0.2) is 30.7 Å². The van der Waals surface area contributed by atoms with Crippen molar-refractivity contribution in [2.75, 3.05) is 18.4 Å². The lowest BCUT2D eigenvalue weighted by atomic mass is 10.1. The van der Waals surface area contributed by atoms with Crippen molar-refractivity contribution < 1.29 is 19.1 Å². The fourth-order valence-corrected chi connectivity index (χ4v) is 2.44. The Morgan fingerprint density at radius 2 is 1.65 bits per heavy atom. The summed E-state index contributed by atoms with van der Waals surface area (Å²) in [6.07, 6.45) is 3.25. The number of hydrogen-bond acceptors (Lipinski definition) is 5. The van der Waals surface area contributed by atoms with Crippen LogP contribution in [0.3, 0.4) is 0 Å². The second-order valence-corrected chi connectivity index (χ2v) is 7.38. The molecule has 0 unspecified atom stereocenters. The Morgan fingerprint density at radius 3 is 2.23 bits per heavy atom. The third-order valence-corrected chi connectivity index (χ3v) is 4.29. The molecule has 1 amide bonds. The van der Waals surface area contributed by atoms with Gasteiger partial charge in [0.05, 0.1) is 5.92 Å². The number of carbonyl (C=O) groups is 3. The van der Waals surface area contributed by atoms with Gasteiger partial charge in [-0.3, -0.25) is 14.4 Å². The summed E-state index contributed by atoms with van der Waals surface area (Å²) in [6.45, 7) is 9.87. The number of hydrogen-bond donors (Lipinski definition) is 2. The van der Waals surface area contributed by atoms with Gasteiger partial charge < -0.3 is 15.4 Å². The largest absolute Gasteiger partial charge is 0.426 e. The smallest absolute Gasteiger partial charge is 0.313 e. The molecule has 31 heavy (non-hydrogen) atoms. The van der Waals surface area contributed by atoms with E-state index >= 15 is 0 Å². The van der Waals surface area contributed by atoms with Gasteiger partial charge >= 0.3 is 5.97 Å². The third-order valence-electron chi connectivity index (χ3n) is 4.29. The van der Waals surface area contributed by atoms with Gasteiger partial charge in [0.15, 0.2) is 5.78 Å². The van der Waals surface area contributed by atoms with Crippen molar-refractivity contribution in [2.45, 2.75) is 20.8 Å². The van der Waals surface area contributed by atoms with E-state index in [-0.39, 0.29) is 23.6 Å². The highest BCUT2D eigenvalue weighted by molar-refractivity contribution is 6.06. The van der Waals surface area contributed by atoms with Gasteiger partial charge in [-0.25, -0.2) is 0 Å². The molecule has 0 radical (unpaired) electrons. The summed E-state index contributed by atoms with van der Waals surface area (Å²) >= 11 is 0. The summed E-state index contributed by atoms with van der Waals surface area (Å²) in [5, 5.41) is 5.97. The van der Waals surface area contributed by atoms with Gasteiger partial charge in [0.2, 0.25) is 5.91 Å². The molecule has 0 aromatic heterocycles. The maximum atomic E-state index is 12.4. The first-order valence-corrected chi connectivity index (χ1v) is 10.1. The average molecular weight is 421 g/mol. The van der Waals surface area contributed by atoms with Gasteiger partial charge in [-0.2, -0.15) is 0 Å². The van der Waals surface area contributed by atoms with E-state index in [1.807, 2.05) is 24.3 Å². The summed E-state index contributed by atoms with van der Waals surface area (Å²) in [5.74, 6) is -0.404. The molecular formula is C25H28N2O4. The van der Waals surface area contributed by atoms with Gasteiger partial charge in [0, 0.05) is 29.9 Å². The van der Waals surface area contributed by atoms with Crippen molar-refractivity contribution in [3.8, 4) is 5.75 Å². The van der Waals surface area contributed by atoms with E-state index in [0.717, 1.165) is 11.3 Å². The van der Waals surface area contributed by atoms with Crippen LogP contribution in [0.4, 0.5) is 5.69 Å². The molecule has 2 aromatic carbocycles. The van der Waals surface area contributed by atoms with Gasteiger partial charge in [-0.1, -0.05) is 38.6 Å². The van der Waals surface area contributed by atoms with E-state index in [0.29, 0.717) is 30.0 Å². The molecule has 0 spiro atoms. The number of nitrogens with one attached hydrogen (secondary N) is 2. The SMILES string of the molecule is C=C(C)C(=O)NCCNc1ccc(/C=C/C(=O)c2ccc(OC(=O)C(C)C)cc2)cc1. The zero-order chi connectivity index (χ0) is 22.8. The lowest BCUT2D eigenvalue weighted by molar-refractivity contribution is -0.137. The molecule has 2 rings (SSSR count). The summed E-state index contributed by atoms with van der Waals surface area (Å²) < 4.78 is 5.21. The van der Waals surface area contributed by atoms with Crippen LogP contribution >= 0.6 is 0 Å². The molecule has 2 aromatic rings. The van der Waals surface area contributed by atoms with E-state index in [1.54, 1.807) is 51.1 Å². The lowest BCUT2D eigenvalue weighted by Gasteiger charge is -2.08.